The summed E-state index contributed by atoms with van der Waals surface area (Å²) in [7, 11) is 1.84. The van der Waals surface area contributed by atoms with Crippen molar-refractivity contribution in [3.63, 3.8) is 0 Å². The van der Waals surface area contributed by atoms with Crippen LogP contribution in [0.1, 0.15) is 37.5 Å². The first kappa shape index (κ1) is 22.0. The van der Waals surface area contributed by atoms with E-state index in [9.17, 15) is 10.1 Å². The van der Waals surface area contributed by atoms with E-state index in [1.54, 1.807) is 16.8 Å². The minimum atomic E-state index is -0.365. The summed E-state index contributed by atoms with van der Waals surface area (Å²) in [4.78, 5) is 11.0. The Balaban J connectivity index is 2.04. The zero-order chi connectivity index (χ0) is 21.9. The molecule has 6 heteroatoms. The van der Waals surface area contributed by atoms with Gasteiger partial charge in [0.2, 0.25) is 0 Å². The number of non-ortho nitro benzene ring substituents is 1. The highest BCUT2D eigenvalue weighted by molar-refractivity contribution is 14.1. The van der Waals surface area contributed by atoms with Crippen LogP contribution in [0.25, 0.3) is 11.3 Å². The molecule has 5 nitrogen and oxygen atoms in total. The minimum absolute atomic E-state index is 0.0587. The highest BCUT2D eigenvalue weighted by Crippen LogP contribution is 2.30. The Kier molecular flexibility index (Phi) is 6.61. The molecule has 3 aromatic rings. The number of aromatic nitrogens is 2. The maximum Gasteiger partial charge on any atom is 0.270 e. The summed E-state index contributed by atoms with van der Waals surface area (Å²) in [5.41, 5.74) is 4.41. The quantitative estimate of drug-likeness (QED) is 0.188. The molecule has 1 heterocycles. The average molecular weight is 513 g/mol. The summed E-state index contributed by atoms with van der Waals surface area (Å²) in [6.07, 6.45) is 3.48. The number of nitrogens with zero attached hydrogens (tertiary/aromatic N) is 3. The van der Waals surface area contributed by atoms with Crippen LogP contribution in [0.15, 0.2) is 48.7 Å². The molecule has 0 atom stereocenters. The van der Waals surface area contributed by atoms with Gasteiger partial charge in [0, 0.05) is 39.9 Å². The first-order chi connectivity index (χ1) is 14.1. The molecular formula is C24H24IN3O2. The highest BCUT2D eigenvalue weighted by Gasteiger charge is 2.18. The largest absolute Gasteiger partial charge is 0.274 e. The number of hydrogen-bond acceptors (Lipinski definition) is 3. The van der Waals surface area contributed by atoms with Crippen molar-refractivity contribution >= 4 is 28.3 Å². The average Bonchev–Trinajstić information content (AvgIpc) is 3.06. The lowest BCUT2D eigenvalue weighted by Gasteiger charge is -2.10. The predicted octanol–water partition coefficient (Wildman–Crippen LogP) is 5.78. The first-order valence-corrected chi connectivity index (χ1v) is 10.8. The van der Waals surface area contributed by atoms with Gasteiger partial charge in [0.05, 0.1) is 10.5 Å². The van der Waals surface area contributed by atoms with Crippen LogP contribution < -0.4 is 0 Å². The summed E-state index contributed by atoms with van der Waals surface area (Å²) in [5.74, 6) is 6.47. The van der Waals surface area contributed by atoms with Gasteiger partial charge in [-0.1, -0.05) is 30.0 Å². The van der Waals surface area contributed by atoms with Crippen molar-refractivity contribution in [3.05, 3.63) is 79.0 Å². The van der Waals surface area contributed by atoms with E-state index in [0.717, 1.165) is 29.5 Å². The lowest BCUT2D eigenvalue weighted by atomic mass is 9.94. The van der Waals surface area contributed by atoms with Gasteiger partial charge in [-0.3, -0.25) is 14.8 Å². The van der Waals surface area contributed by atoms with E-state index in [1.165, 1.54) is 9.13 Å². The van der Waals surface area contributed by atoms with Gasteiger partial charge in [0.25, 0.3) is 5.69 Å². The molecule has 30 heavy (non-hydrogen) atoms. The molecule has 0 amide bonds. The summed E-state index contributed by atoms with van der Waals surface area (Å²) >= 11 is 2.29. The van der Waals surface area contributed by atoms with Gasteiger partial charge < -0.3 is 0 Å². The van der Waals surface area contributed by atoms with Crippen LogP contribution in [0.2, 0.25) is 0 Å². The minimum Gasteiger partial charge on any atom is -0.274 e. The zero-order valence-corrected chi connectivity index (χ0v) is 19.7. The highest BCUT2D eigenvalue weighted by atomic mass is 127. The third kappa shape index (κ3) is 5.70. The second-order valence-electron chi connectivity index (χ2n) is 8.29. The van der Waals surface area contributed by atoms with Gasteiger partial charge in [-0.2, -0.15) is 5.10 Å². The fraction of sp³-hybridized carbons (Fsp3) is 0.292. The number of benzene rings is 2. The molecule has 1 aromatic heterocycles. The molecule has 0 aliphatic rings. The van der Waals surface area contributed by atoms with Crippen molar-refractivity contribution in [2.75, 3.05) is 0 Å². The lowest BCUT2D eigenvalue weighted by molar-refractivity contribution is -0.384. The molecule has 0 fully saturated rings. The Morgan fingerprint density at radius 3 is 2.47 bits per heavy atom. The van der Waals surface area contributed by atoms with Crippen LogP contribution in [0.4, 0.5) is 5.69 Å². The van der Waals surface area contributed by atoms with Crippen LogP contribution in [0.3, 0.4) is 0 Å². The van der Waals surface area contributed by atoms with E-state index in [-0.39, 0.29) is 16.0 Å². The van der Waals surface area contributed by atoms with Crippen molar-refractivity contribution in [1.82, 2.24) is 9.78 Å². The number of aryl methyl sites for hydroxylation is 3. The number of hydrogen-bond donors (Lipinski definition) is 0. The molecule has 0 N–H and O–H groups in total. The van der Waals surface area contributed by atoms with Gasteiger partial charge in [0.15, 0.2) is 0 Å². The van der Waals surface area contributed by atoms with Crippen LogP contribution in [-0.4, -0.2) is 14.7 Å². The Bertz CT molecular complexity index is 1130. The maximum absolute atomic E-state index is 11.4. The van der Waals surface area contributed by atoms with Gasteiger partial charge in [0.1, 0.15) is 5.69 Å². The van der Waals surface area contributed by atoms with Gasteiger partial charge in [-0.25, -0.2) is 0 Å². The summed E-state index contributed by atoms with van der Waals surface area (Å²) in [6, 6.07) is 13.4. The van der Waals surface area contributed by atoms with Crippen LogP contribution in [-0.2, 0) is 19.9 Å². The van der Waals surface area contributed by atoms with Crippen LogP contribution in [0.5, 0.6) is 0 Å². The van der Waals surface area contributed by atoms with Crippen molar-refractivity contribution in [2.24, 2.45) is 12.5 Å². The Morgan fingerprint density at radius 1 is 1.13 bits per heavy atom. The number of halogens is 1. The fourth-order valence-corrected chi connectivity index (χ4v) is 3.44. The molecule has 0 radical (unpaired) electrons. The molecule has 0 spiro atoms. The Morgan fingerprint density at radius 2 is 1.83 bits per heavy atom. The van der Waals surface area contributed by atoms with E-state index in [2.05, 4.69) is 84.6 Å². The van der Waals surface area contributed by atoms with Crippen LogP contribution in [0, 0.1) is 30.9 Å². The Hall–Kier alpha value is -2.66. The molecule has 0 aliphatic carbocycles. The van der Waals surface area contributed by atoms with Crippen molar-refractivity contribution in [3.8, 4) is 23.1 Å². The summed E-state index contributed by atoms with van der Waals surface area (Å²) in [6.45, 7) is 6.15. The SMILES string of the molecule is Cn1cc(C#CC(C)(C)C)c(-c2cc([N+](=O)[O-])ccc2CCc2ccc(I)cc2)n1. The monoisotopic (exact) mass is 513 g/mol. The molecule has 0 aliphatic heterocycles. The van der Waals surface area contributed by atoms with Gasteiger partial charge in [-0.15, -0.1) is 0 Å². The second-order valence-corrected chi connectivity index (χ2v) is 9.54. The van der Waals surface area contributed by atoms with E-state index in [4.69, 9.17) is 0 Å². The Labute approximate surface area is 190 Å². The fourth-order valence-electron chi connectivity index (χ4n) is 3.08. The van der Waals surface area contributed by atoms with E-state index < -0.39 is 0 Å². The predicted molar refractivity (Wildman–Crippen MR) is 128 cm³/mol. The van der Waals surface area contributed by atoms with Crippen LogP contribution >= 0.6 is 22.6 Å². The standard InChI is InChI=1S/C24H24IN3O2/c1-24(2,3)14-13-19-16-27(4)26-23(19)22-15-21(28(29)30)12-9-18(22)8-5-17-6-10-20(25)11-7-17/h6-7,9-12,15-16H,5,8H2,1-4H3. The van der Waals surface area contributed by atoms with Gasteiger partial charge >= 0.3 is 0 Å². The van der Waals surface area contributed by atoms with E-state index in [1.807, 2.05) is 19.3 Å². The van der Waals surface area contributed by atoms with Crippen molar-refractivity contribution in [1.29, 1.82) is 0 Å². The van der Waals surface area contributed by atoms with E-state index >= 15 is 0 Å². The molecule has 3 rings (SSSR count). The van der Waals surface area contributed by atoms with Gasteiger partial charge in [-0.05, 0) is 79.5 Å². The molecule has 0 saturated carbocycles. The van der Waals surface area contributed by atoms with Crippen molar-refractivity contribution in [2.45, 2.75) is 33.6 Å². The maximum atomic E-state index is 11.4. The number of nitro benzene ring substituents is 1. The second kappa shape index (κ2) is 9.00. The zero-order valence-electron chi connectivity index (χ0n) is 17.6. The van der Waals surface area contributed by atoms with E-state index in [0.29, 0.717) is 5.69 Å². The normalized spacial score (nSPS) is 11.1. The summed E-state index contributed by atoms with van der Waals surface area (Å²) < 4.78 is 2.91. The molecular weight excluding hydrogens is 489 g/mol. The molecule has 0 saturated heterocycles. The first-order valence-electron chi connectivity index (χ1n) is 9.71. The third-order valence-electron chi connectivity index (χ3n) is 4.56. The molecule has 2 aromatic carbocycles. The smallest absolute Gasteiger partial charge is 0.270 e. The molecule has 0 bridgehead atoms. The lowest BCUT2D eigenvalue weighted by Crippen LogP contribution is -2.00. The number of rotatable bonds is 5. The molecule has 154 valence electrons. The molecule has 0 unspecified atom stereocenters. The summed E-state index contributed by atoms with van der Waals surface area (Å²) in [5, 5.41) is 16.0. The number of nitro groups is 1. The topological polar surface area (TPSA) is 61.0 Å². The van der Waals surface area contributed by atoms with Crippen molar-refractivity contribution < 1.29 is 4.92 Å². The third-order valence-corrected chi connectivity index (χ3v) is 5.28.